The molecule has 3 nitrogen and oxygen atoms in total. The molecule has 0 atom stereocenters. The maximum Gasteiger partial charge on any atom is 0.328 e. The zero-order valence-corrected chi connectivity index (χ0v) is 5.78. The van der Waals surface area contributed by atoms with Crippen molar-refractivity contribution in [2.45, 2.75) is 0 Å². The number of carbonyl (C=O) groups is 1. The topological polar surface area (TPSA) is 46.5 Å². The maximum absolute atomic E-state index is 9.88. The largest absolute Gasteiger partial charge is 0.478 e. The Labute approximate surface area is 59.6 Å². The van der Waals surface area contributed by atoms with Gasteiger partial charge in [-0.05, 0) is 0 Å². The van der Waals surface area contributed by atoms with Crippen molar-refractivity contribution in [2.75, 3.05) is 13.7 Å². The molecule has 0 unspecified atom stereocenters. The van der Waals surface area contributed by atoms with Gasteiger partial charge in [-0.25, -0.2) is 4.79 Å². The maximum atomic E-state index is 9.88. The standard InChI is InChI=1S/C7H10O3/c1-10-6-4-2-3-5-7(8)9/h2-5H,6H2,1H3,(H,8,9)/b4-2-,5-3+. The predicted octanol–water partition coefficient (Wildman–Crippen LogP) is 0.830. The fourth-order valence-corrected chi connectivity index (χ4v) is 0.368. The molecule has 1 N–H and O–H groups in total. The zero-order valence-electron chi connectivity index (χ0n) is 5.78. The van der Waals surface area contributed by atoms with E-state index in [9.17, 15) is 4.79 Å². The van der Waals surface area contributed by atoms with E-state index < -0.39 is 5.97 Å². The minimum Gasteiger partial charge on any atom is -0.478 e. The first-order valence-electron chi connectivity index (χ1n) is 2.82. The minimum atomic E-state index is -0.943. The molecule has 0 rings (SSSR count). The molecule has 0 bridgehead atoms. The first-order valence-corrected chi connectivity index (χ1v) is 2.82. The lowest BCUT2D eigenvalue weighted by Crippen LogP contribution is -1.84. The fraction of sp³-hybridized carbons (Fsp3) is 0.286. The highest BCUT2D eigenvalue weighted by atomic mass is 16.5. The first kappa shape index (κ1) is 8.91. The Kier molecular flexibility index (Phi) is 5.38. The predicted molar refractivity (Wildman–Crippen MR) is 37.8 cm³/mol. The lowest BCUT2D eigenvalue weighted by molar-refractivity contribution is -0.131. The van der Waals surface area contributed by atoms with Gasteiger partial charge in [-0.1, -0.05) is 18.2 Å². The Hall–Kier alpha value is -1.09. The lowest BCUT2D eigenvalue weighted by atomic mass is 10.4. The third-order valence-electron chi connectivity index (χ3n) is 0.749. The second-order valence-corrected chi connectivity index (χ2v) is 1.58. The summed E-state index contributed by atoms with van der Waals surface area (Å²) < 4.78 is 4.68. The average molecular weight is 142 g/mol. The molecule has 0 aliphatic heterocycles. The molecule has 0 radical (unpaired) electrons. The number of ether oxygens (including phenoxy) is 1. The molecule has 0 aliphatic carbocycles. The van der Waals surface area contributed by atoms with Crippen LogP contribution in [0.2, 0.25) is 0 Å². The van der Waals surface area contributed by atoms with Gasteiger partial charge in [0.1, 0.15) is 0 Å². The number of aliphatic carboxylic acids is 1. The Morgan fingerprint density at radius 1 is 1.60 bits per heavy atom. The molecule has 10 heavy (non-hydrogen) atoms. The monoisotopic (exact) mass is 142 g/mol. The van der Waals surface area contributed by atoms with Crippen molar-refractivity contribution in [2.24, 2.45) is 0 Å². The van der Waals surface area contributed by atoms with Crippen molar-refractivity contribution in [3.8, 4) is 0 Å². The van der Waals surface area contributed by atoms with Gasteiger partial charge in [0.05, 0.1) is 6.61 Å². The van der Waals surface area contributed by atoms with Crippen molar-refractivity contribution in [3.63, 3.8) is 0 Å². The van der Waals surface area contributed by atoms with Crippen molar-refractivity contribution in [1.29, 1.82) is 0 Å². The van der Waals surface area contributed by atoms with E-state index in [4.69, 9.17) is 5.11 Å². The van der Waals surface area contributed by atoms with Gasteiger partial charge in [-0.2, -0.15) is 0 Å². The molecular formula is C7H10O3. The van der Waals surface area contributed by atoms with Crippen LogP contribution < -0.4 is 0 Å². The van der Waals surface area contributed by atoms with Crippen LogP contribution in [-0.2, 0) is 9.53 Å². The van der Waals surface area contributed by atoms with Crippen LogP contribution in [0.25, 0.3) is 0 Å². The molecule has 0 aromatic rings. The number of rotatable bonds is 4. The summed E-state index contributed by atoms with van der Waals surface area (Å²) in [6.45, 7) is 0.504. The Balaban J connectivity index is 3.42. The molecule has 0 fully saturated rings. The lowest BCUT2D eigenvalue weighted by Gasteiger charge is -1.83. The fourth-order valence-electron chi connectivity index (χ4n) is 0.368. The molecule has 0 aliphatic rings. The third kappa shape index (κ3) is 6.91. The third-order valence-corrected chi connectivity index (χ3v) is 0.749. The molecule has 0 saturated carbocycles. The average Bonchev–Trinajstić information content (AvgIpc) is 1.87. The molecule has 0 spiro atoms. The molecule has 56 valence electrons. The number of hydrogen-bond donors (Lipinski definition) is 1. The molecule has 0 heterocycles. The number of carboxylic acid groups (broad SMARTS) is 1. The zero-order chi connectivity index (χ0) is 7.82. The van der Waals surface area contributed by atoms with Crippen LogP contribution in [0.4, 0.5) is 0 Å². The van der Waals surface area contributed by atoms with Crippen molar-refractivity contribution >= 4 is 5.97 Å². The van der Waals surface area contributed by atoms with Crippen LogP contribution in [0.1, 0.15) is 0 Å². The van der Waals surface area contributed by atoms with Gasteiger partial charge in [-0.15, -0.1) is 0 Å². The first-order chi connectivity index (χ1) is 4.77. The van der Waals surface area contributed by atoms with Crippen molar-refractivity contribution in [3.05, 3.63) is 24.3 Å². The molecule has 3 heteroatoms. The Morgan fingerprint density at radius 3 is 2.80 bits per heavy atom. The number of carboxylic acids is 1. The van der Waals surface area contributed by atoms with Crippen LogP contribution in [0.3, 0.4) is 0 Å². The quantitative estimate of drug-likeness (QED) is 0.467. The Morgan fingerprint density at radius 2 is 2.30 bits per heavy atom. The summed E-state index contributed by atoms with van der Waals surface area (Å²) in [5.41, 5.74) is 0. The van der Waals surface area contributed by atoms with Gasteiger partial charge in [-0.3, -0.25) is 0 Å². The van der Waals surface area contributed by atoms with Gasteiger partial charge in [0.25, 0.3) is 0 Å². The summed E-state index contributed by atoms with van der Waals surface area (Å²) in [5.74, 6) is -0.943. The minimum absolute atomic E-state index is 0.504. The van der Waals surface area contributed by atoms with Gasteiger partial charge in [0.2, 0.25) is 0 Å². The van der Waals surface area contributed by atoms with E-state index in [1.54, 1.807) is 19.3 Å². The van der Waals surface area contributed by atoms with E-state index in [0.29, 0.717) is 6.61 Å². The van der Waals surface area contributed by atoms with Crippen molar-refractivity contribution < 1.29 is 14.6 Å². The second kappa shape index (κ2) is 6.04. The molecule has 0 saturated heterocycles. The number of methoxy groups -OCH3 is 1. The van der Waals surface area contributed by atoms with E-state index in [1.807, 2.05) is 0 Å². The normalized spacial score (nSPS) is 11.3. The molecular weight excluding hydrogens is 132 g/mol. The summed E-state index contributed by atoms with van der Waals surface area (Å²) in [6, 6.07) is 0. The summed E-state index contributed by atoms with van der Waals surface area (Å²) in [4.78, 5) is 9.88. The summed E-state index contributed by atoms with van der Waals surface area (Å²) >= 11 is 0. The molecule has 0 aromatic heterocycles. The van der Waals surface area contributed by atoms with Crippen LogP contribution in [0.15, 0.2) is 24.3 Å². The van der Waals surface area contributed by atoms with Gasteiger partial charge >= 0.3 is 5.97 Å². The van der Waals surface area contributed by atoms with Crippen LogP contribution >= 0.6 is 0 Å². The summed E-state index contributed by atoms with van der Waals surface area (Å²) in [5, 5.41) is 8.12. The van der Waals surface area contributed by atoms with Crippen molar-refractivity contribution in [1.82, 2.24) is 0 Å². The van der Waals surface area contributed by atoms with E-state index in [2.05, 4.69) is 4.74 Å². The van der Waals surface area contributed by atoms with E-state index in [-0.39, 0.29) is 0 Å². The highest BCUT2D eigenvalue weighted by molar-refractivity contribution is 5.80. The van der Waals surface area contributed by atoms with Crippen LogP contribution in [0, 0.1) is 0 Å². The van der Waals surface area contributed by atoms with Gasteiger partial charge in [0, 0.05) is 13.2 Å². The molecule has 0 amide bonds. The summed E-state index contributed by atoms with van der Waals surface area (Å²) in [6.07, 6.45) is 5.85. The SMILES string of the molecule is COC/C=C\C=C\C(=O)O. The highest BCUT2D eigenvalue weighted by Crippen LogP contribution is 1.77. The van der Waals surface area contributed by atoms with Gasteiger partial charge < -0.3 is 9.84 Å². The van der Waals surface area contributed by atoms with E-state index >= 15 is 0 Å². The summed E-state index contributed by atoms with van der Waals surface area (Å²) in [7, 11) is 1.57. The highest BCUT2D eigenvalue weighted by Gasteiger charge is 1.79. The Bertz CT molecular complexity index is 147. The van der Waals surface area contributed by atoms with E-state index in [1.165, 1.54) is 6.08 Å². The van der Waals surface area contributed by atoms with Gasteiger partial charge in [0.15, 0.2) is 0 Å². The number of hydrogen-bond acceptors (Lipinski definition) is 2. The van der Waals surface area contributed by atoms with E-state index in [0.717, 1.165) is 6.08 Å². The molecule has 0 aromatic carbocycles. The second-order valence-electron chi connectivity index (χ2n) is 1.58. The van der Waals surface area contributed by atoms with Crippen LogP contribution in [-0.4, -0.2) is 24.8 Å². The van der Waals surface area contributed by atoms with Crippen LogP contribution in [0.5, 0.6) is 0 Å². The smallest absolute Gasteiger partial charge is 0.328 e. The number of allylic oxidation sites excluding steroid dienone is 2.